The van der Waals surface area contributed by atoms with Gasteiger partial charge in [-0.25, -0.2) is 0 Å². The predicted molar refractivity (Wildman–Crippen MR) is 53.6 cm³/mol. The first-order valence-electron chi connectivity index (χ1n) is 3.92. The second-order valence-corrected chi connectivity index (χ2v) is 1.60. The van der Waals surface area contributed by atoms with Crippen molar-refractivity contribution in [1.82, 2.24) is 0 Å². The minimum atomic E-state index is 0.253. The number of hydrogen-bond acceptors (Lipinski definition) is 3. The van der Waals surface area contributed by atoms with E-state index in [0.29, 0.717) is 19.3 Å². The van der Waals surface area contributed by atoms with E-state index in [0.717, 1.165) is 0 Å². The molecule has 0 unspecified atom stereocenters. The van der Waals surface area contributed by atoms with Gasteiger partial charge in [0.15, 0.2) is 0 Å². The van der Waals surface area contributed by atoms with Crippen LogP contribution in [-0.2, 0) is 4.79 Å². The highest BCUT2D eigenvalue weighted by Gasteiger charge is 1.92. The zero-order chi connectivity index (χ0) is 10.4. The van der Waals surface area contributed by atoms with Gasteiger partial charge in [0, 0.05) is 19.3 Å². The molecular formula is C9H20N2O. The van der Waals surface area contributed by atoms with Crippen LogP contribution in [0.15, 0.2) is 0 Å². The first kappa shape index (κ1) is 17.3. The maximum absolute atomic E-state index is 10.5. The summed E-state index contributed by atoms with van der Waals surface area (Å²) >= 11 is 0. The zero-order valence-electron chi connectivity index (χ0n) is 8.26. The molecule has 0 spiro atoms. The van der Waals surface area contributed by atoms with E-state index in [-0.39, 0.29) is 5.78 Å². The van der Waals surface area contributed by atoms with Crippen LogP contribution in [0.2, 0.25) is 0 Å². The molecule has 0 saturated carbocycles. The summed E-state index contributed by atoms with van der Waals surface area (Å²) in [7, 11) is 3.00. The second-order valence-electron chi connectivity index (χ2n) is 1.60. The van der Waals surface area contributed by atoms with Crippen molar-refractivity contribution in [3.8, 4) is 12.3 Å². The molecule has 4 N–H and O–H groups in total. The average molecular weight is 172 g/mol. The molecule has 0 aromatic carbocycles. The lowest BCUT2D eigenvalue weighted by Gasteiger charge is -1.87. The first-order valence-corrected chi connectivity index (χ1v) is 3.92. The largest absolute Gasteiger partial charge is 0.333 e. The molecule has 72 valence electrons. The van der Waals surface area contributed by atoms with Gasteiger partial charge in [-0.1, -0.05) is 6.92 Å². The summed E-state index contributed by atoms with van der Waals surface area (Å²) in [5.41, 5.74) is 9.00. The SMILES string of the molecule is C#CCCC(=O)CC.CN.CN. The Morgan fingerprint density at radius 1 is 1.33 bits per heavy atom. The lowest BCUT2D eigenvalue weighted by Crippen LogP contribution is -1.92. The summed E-state index contributed by atoms with van der Waals surface area (Å²) < 4.78 is 0. The number of hydrogen-bond donors (Lipinski definition) is 2. The van der Waals surface area contributed by atoms with Crippen molar-refractivity contribution >= 4 is 5.78 Å². The Balaban J connectivity index is -0.000000175. The minimum absolute atomic E-state index is 0.253. The first-order chi connectivity index (χ1) is 5.81. The van der Waals surface area contributed by atoms with E-state index in [1.165, 1.54) is 14.1 Å². The summed E-state index contributed by atoms with van der Waals surface area (Å²) in [6.07, 6.45) is 6.68. The molecule has 0 aliphatic heterocycles. The van der Waals surface area contributed by atoms with E-state index in [1.807, 2.05) is 6.92 Å². The number of terminal acetylenes is 1. The van der Waals surface area contributed by atoms with Gasteiger partial charge in [-0.05, 0) is 14.1 Å². The third kappa shape index (κ3) is 22.9. The monoisotopic (exact) mass is 172 g/mol. The van der Waals surface area contributed by atoms with Crippen LogP contribution in [0.5, 0.6) is 0 Å². The summed E-state index contributed by atoms with van der Waals surface area (Å²) in [5.74, 6) is 2.66. The maximum atomic E-state index is 10.5. The Hall–Kier alpha value is -0.850. The van der Waals surface area contributed by atoms with Crippen molar-refractivity contribution in [2.75, 3.05) is 14.1 Å². The van der Waals surface area contributed by atoms with E-state index in [1.54, 1.807) is 0 Å². The third-order valence-electron chi connectivity index (χ3n) is 0.943. The van der Waals surface area contributed by atoms with Crippen molar-refractivity contribution < 1.29 is 4.79 Å². The fraction of sp³-hybridized carbons (Fsp3) is 0.667. The van der Waals surface area contributed by atoms with Gasteiger partial charge in [0.05, 0.1) is 0 Å². The minimum Gasteiger partial charge on any atom is -0.333 e. The fourth-order valence-corrected chi connectivity index (χ4v) is 0.388. The molecule has 0 bridgehead atoms. The van der Waals surface area contributed by atoms with Crippen molar-refractivity contribution in [2.45, 2.75) is 26.2 Å². The summed E-state index contributed by atoms with van der Waals surface area (Å²) in [4.78, 5) is 10.5. The standard InChI is InChI=1S/C7H10O.2CH5N/c1-3-5-6-7(8)4-2;2*1-2/h1H,4-6H2,2H3;2*2H2,1H3. The van der Waals surface area contributed by atoms with Crippen molar-refractivity contribution in [3.63, 3.8) is 0 Å². The smallest absolute Gasteiger partial charge is 0.133 e. The molecule has 0 fully saturated rings. The molecule has 12 heavy (non-hydrogen) atoms. The Morgan fingerprint density at radius 3 is 2.00 bits per heavy atom. The Labute approximate surface area is 75.5 Å². The molecule has 0 atom stereocenters. The van der Waals surface area contributed by atoms with E-state index < -0.39 is 0 Å². The number of carbonyl (C=O) groups is 1. The summed E-state index contributed by atoms with van der Waals surface area (Å²) in [5, 5.41) is 0. The molecule has 0 heterocycles. The molecule has 0 saturated heterocycles. The van der Waals surface area contributed by atoms with Gasteiger partial charge in [0.1, 0.15) is 5.78 Å². The lowest BCUT2D eigenvalue weighted by molar-refractivity contribution is -0.118. The van der Waals surface area contributed by atoms with Crippen LogP contribution in [0.4, 0.5) is 0 Å². The highest BCUT2D eigenvalue weighted by atomic mass is 16.1. The Morgan fingerprint density at radius 2 is 1.75 bits per heavy atom. The van der Waals surface area contributed by atoms with Crippen LogP contribution in [-0.4, -0.2) is 19.9 Å². The summed E-state index contributed by atoms with van der Waals surface area (Å²) in [6, 6.07) is 0. The van der Waals surface area contributed by atoms with Crippen molar-refractivity contribution in [2.24, 2.45) is 11.5 Å². The third-order valence-corrected chi connectivity index (χ3v) is 0.943. The quantitative estimate of drug-likeness (QED) is 0.610. The molecule has 0 aliphatic carbocycles. The number of rotatable bonds is 3. The highest BCUT2D eigenvalue weighted by molar-refractivity contribution is 5.78. The van der Waals surface area contributed by atoms with Gasteiger partial charge in [-0.15, -0.1) is 12.3 Å². The van der Waals surface area contributed by atoms with Gasteiger partial charge in [0.25, 0.3) is 0 Å². The predicted octanol–water partition coefficient (Wildman–Crippen LogP) is 0.529. The summed E-state index contributed by atoms with van der Waals surface area (Å²) in [6.45, 7) is 1.85. The van der Waals surface area contributed by atoms with Crippen molar-refractivity contribution in [3.05, 3.63) is 0 Å². The van der Waals surface area contributed by atoms with Crippen LogP contribution < -0.4 is 11.5 Å². The molecule has 3 nitrogen and oxygen atoms in total. The normalized spacial score (nSPS) is 6.33. The van der Waals surface area contributed by atoms with Crippen LogP contribution in [0.1, 0.15) is 26.2 Å². The zero-order valence-corrected chi connectivity index (χ0v) is 8.26. The van der Waals surface area contributed by atoms with Gasteiger partial charge in [-0.3, -0.25) is 4.79 Å². The van der Waals surface area contributed by atoms with Gasteiger partial charge >= 0.3 is 0 Å². The van der Waals surface area contributed by atoms with Gasteiger partial charge in [0.2, 0.25) is 0 Å². The molecule has 0 rings (SSSR count). The molecular weight excluding hydrogens is 152 g/mol. The molecule has 0 aromatic rings. The van der Waals surface area contributed by atoms with Crippen molar-refractivity contribution in [1.29, 1.82) is 0 Å². The number of nitrogens with two attached hydrogens (primary N) is 2. The maximum Gasteiger partial charge on any atom is 0.133 e. The van der Waals surface area contributed by atoms with Gasteiger partial charge in [-0.2, -0.15) is 0 Å². The molecule has 0 radical (unpaired) electrons. The van der Waals surface area contributed by atoms with E-state index in [4.69, 9.17) is 6.42 Å². The second kappa shape index (κ2) is 22.5. The number of Topliss-reactive ketones (excluding diaryl/α,β-unsaturated/α-hetero) is 1. The molecule has 0 amide bonds. The van der Waals surface area contributed by atoms with Crippen LogP contribution in [0, 0.1) is 12.3 Å². The van der Waals surface area contributed by atoms with Crippen LogP contribution in [0.3, 0.4) is 0 Å². The topological polar surface area (TPSA) is 69.1 Å². The number of ketones is 1. The average Bonchev–Trinajstić information content (AvgIpc) is 2.20. The molecule has 0 aromatic heterocycles. The Kier molecular flexibility index (Phi) is 32.4. The van der Waals surface area contributed by atoms with Crippen LogP contribution >= 0.6 is 0 Å². The van der Waals surface area contributed by atoms with E-state index in [2.05, 4.69) is 17.4 Å². The fourth-order valence-electron chi connectivity index (χ4n) is 0.388. The van der Waals surface area contributed by atoms with E-state index >= 15 is 0 Å². The highest BCUT2D eigenvalue weighted by Crippen LogP contribution is 1.91. The van der Waals surface area contributed by atoms with Gasteiger partial charge < -0.3 is 11.5 Å². The van der Waals surface area contributed by atoms with E-state index in [9.17, 15) is 4.79 Å². The molecule has 3 heteroatoms. The Bertz CT molecular complexity index is 116. The molecule has 0 aliphatic rings. The van der Waals surface area contributed by atoms with Crippen LogP contribution in [0.25, 0.3) is 0 Å². The number of carbonyl (C=O) groups excluding carboxylic acids is 1. The lowest BCUT2D eigenvalue weighted by atomic mass is 10.2.